The van der Waals surface area contributed by atoms with E-state index >= 15 is 0 Å². The first-order chi connectivity index (χ1) is 10.3. The average molecular weight is 303 g/mol. The van der Waals surface area contributed by atoms with Crippen molar-refractivity contribution >= 4 is 11.6 Å². The molecular formula is C17H19ClN2O. The third-order valence-electron chi connectivity index (χ3n) is 4.00. The van der Waals surface area contributed by atoms with Crippen LogP contribution in [0.2, 0.25) is 5.02 Å². The van der Waals surface area contributed by atoms with E-state index in [-0.39, 0.29) is 0 Å². The summed E-state index contributed by atoms with van der Waals surface area (Å²) in [6.45, 7) is 2.74. The molecule has 0 bridgehead atoms. The smallest absolute Gasteiger partial charge is 0.213 e. The maximum atomic E-state index is 5.85. The van der Waals surface area contributed by atoms with Crippen molar-refractivity contribution in [3.05, 3.63) is 59.2 Å². The molecule has 2 atom stereocenters. The molecule has 0 radical (unpaired) electrons. The van der Waals surface area contributed by atoms with Gasteiger partial charge in [-0.1, -0.05) is 41.9 Å². The van der Waals surface area contributed by atoms with Crippen LogP contribution in [-0.2, 0) is 0 Å². The Kier molecular flexibility index (Phi) is 4.73. The number of piperidine rings is 1. The molecule has 1 N–H and O–H groups in total. The van der Waals surface area contributed by atoms with Crippen LogP contribution in [0.5, 0.6) is 5.88 Å². The zero-order chi connectivity index (χ0) is 14.5. The van der Waals surface area contributed by atoms with Gasteiger partial charge in [-0.05, 0) is 24.6 Å². The number of pyridine rings is 1. The van der Waals surface area contributed by atoms with Crippen LogP contribution in [-0.4, -0.2) is 24.7 Å². The molecule has 1 aliphatic heterocycles. The first-order valence-corrected chi connectivity index (χ1v) is 7.71. The summed E-state index contributed by atoms with van der Waals surface area (Å²) in [4.78, 5) is 4.19. The summed E-state index contributed by atoms with van der Waals surface area (Å²) in [7, 11) is 0. The van der Waals surface area contributed by atoms with Gasteiger partial charge >= 0.3 is 0 Å². The lowest BCUT2D eigenvalue weighted by Crippen LogP contribution is -2.37. The number of hydrogen-bond donors (Lipinski definition) is 1. The van der Waals surface area contributed by atoms with E-state index in [0.717, 1.165) is 19.5 Å². The standard InChI is InChI=1S/C17H19ClN2O/c18-15-6-7-17(20-10-15)21-12-14-8-9-19-11-16(14)13-4-2-1-3-5-13/h1-7,10,14,16,19H,8-9,11-12H2. The monoisotopic (exact) mass is 302 g/mol. The minimum atomic E-state index is 0.493. The van der Waals surface area contributed by atoms with E-state index < -0.39 is 0 Å². The molecule has 1 aromatic heterocycles. The Balaban J connectivity index is 1.66. The summed E-state index contributed by atoms with van der Waals surface area (Å²) in [5.74, 6) is 1.64. The number of halogens is 1. The van der Waals surface area contributed by atoms with Gasteiger partial charge in [0.2, 0.25) is 5.88 Å². The Morgan fingerprint density at radius 3 is 2.81 bits per heavy atom. The molecule has 0 spiro atoms. The van der Waals surface area contributed by atoms with Crippen molar-refractivity contribution in [2.24, 2.45) is 5.92 Å². The zero-order valence-electron chi connectivity index (χ0n) is 11.8. The van der Waals surface area contributed by atoms with Crippen molar-refractivity contribution in [2.45, 2.75) is 12.3 Å². The molecule has 3 nitrogen and oxygen atoms in total. The van der Waals surface area contributed by atoms with Crippen LogP contribution in [0.4, 0.5) is 0 Å². The third-order valence-corrected chi connectivity index (χ3v) is 4.22. The van der Waals surface area contributed by atoms with Gasteiger partial charge in [0.15, 0.2) is 0 Å². The molecule has 1 aromatic carbocycles. The van der Waals surface area contributed by atoms with E-state index in [9.17, 15) is 0 Å². The molecule has 4 heteroatoms. The molecule has 0 amide bonds. The molecule has 1 aliphatic rings. The quantitative estimate of drug-likeness (QED) is 0.938. The summed E-state index contributed by atoms with van der Waals surface area (Å²) in [6.07, 6.45) is 2.74. The van der Waals surface area contributed by atoms with Gasteiger partial charge in [0.05, 0.1) is 11.6 Å². The number of aromatic nitrogens is 1. The van der Waals surface area contributed by atoms with Crippen molar-refractivity contribution in [1.82, 2.24) is 10.3 Å². The largest absolute Gasteiger partial charge is 0.477 e. The van der Waals surface area contributed by atoms with Gasteiger partial charge in [0, 0.05) is 30.6 Å². The van der Waals surface area contributed by atoms with Crippen LogP contribution in [0.25, 0.3) is 0 Å². The molecule has 110 valence electrons. The van der Waals surface area contributed by atoms with Crippen molar-refractivity contribution in [1.29, 1.82) is 0 Å². The lowest BCUT2D eigenvalue weighted by molar-refractivity contribution is 0.189. The number of rotatable bonds is 4. The zero-order valence-corrected chi connectivity index (χ0v) is 12.6. The second-order valence-electron chi connectivity index (χ2n) is 5.40. The van der Waals surface area contributed by atoms with Crippen molar-refractivity contribution in [3.8, 4) is 5.88 Å². The fraction of sp³-hybridized carbons (Fsp3) is 0.353. The Morgan fingerprint density at radius 2 is 2.05 bits per heavy atom. The number of nitrogens with one attached hydrogen (secondary N) is 1. The van der Waals surface area contributed by atoms with Gasteiger partial charge in [-0.2, -0.15) is 0 Å². The summed E-state index contributed by atoms with van der Waals surface area (Å²) in [5.41, 5.74) is 1.38. The highest BCUT2D eigenvalue weighted by Crippen LogP contribution is 2.29. The number of ether oxygens (including phenoxy) is 1. The summed E-state index contributed by atoms with van der Waals surface area (Å²) >= 11 is 5.84. The van der Waals surface area contributed by atoms with Crippen molar-refractivity contribution < 1.29 is 4.74 Å². The Bertz CT molecular complexity index is 559. The molecule has 1 fully saturated rings. The first-order valence-electron chi connectivity index (χ1n) is 7.33. The van der Waals surface area contributed by atoms with Crippen LogP contribution < -0.4 is 10.1 Å². The Labute approximate surface area is 130 Å². The molecule has 2 unspecified atom stereocenters. The van der Waals surface area contributed by atoms with Crippen LogP contribution >= 0.6 is 11.6 Å². The number of nitrogens with zero attached hydrogens (tertiary/aromatic N) is 1. The van der Waals surface area contributed by atoms with E-state index in [4.69, 9.17) is 16.3 Å². The van der Waals surface area contributed by atoms with E-state index in [1.165, 1.54) is 5.56 Å². The van der Waals surface area contributed by atoms with E-state index in [1.54, 1.807) is 12.3 Å². The van der Waals surface area contributed by atoms with Crippen molar-refractivity contribution in [2.75, 3.05) is 19.7 Å². The maximum absolute atomic E-state index is 5.85. The minimum Gasteiger partial charge on any atom is -0.477 e. The summed E-state index contributed by atoms with van der Waals surface area (Å²) < 4.78 is 5.85. The van der Waals surface area contributed by atoms with Gasteiger partial charge in [0.1, 0.15) is 0 Å². The fourth-order valence-corrected chi connectivity index (χ4v) is 2.95. The molecule has 21 heavy (non-hydrogen) atoms. The van der Waals surface area contributed by atoms with Crippen molar-refractivity contribution in [3.63, 3.8) is 0 Å². The average Bonchev–Trinajstić information content (AvgIpc) is 2.55. The first kappa shape index (κ1) is 14.4. The number of hydrogen-bond acceptors (Lipinski definition) is 3. The van der Waals surface area contributed by atoms with Crippen LogP contribution in [0.1, 0.15) is 17.9 Å². The predicted molar refractivity (Wildman–Crippen MR) is 84.9 cm³/mol. The van der Waals surface area contributed by atoms with E-state index in [1.807, 2.05) is 6.07 Å². The lowest BCUT2D eigenvalue weighted by Gasteiger charge is -2.32. The second-order valence-corrected chi connectivity index (χ2v) is 5.83. The van der Waals surface area contributed by atoms with Gasteiger partial charge in [0.25, 0.3) is 0 Å². The normalized spacial score (nSPS) is 22.0. The molecule has 0 aliphatic carbocycles. The second kappa shape index (κ2) is 6.92. The summed E-state index contributed by atoms with van der Waals surface area (Å²) in [5, 5.41) is 4.11. The SMILES string of the molecule is Clc1ccc(OCC2CCNCC2c2ccccc2)nc1. The number of benzene rings is 1. The van der Waals surface area contributed by atoms with Crippen LogP contribution in [0, 0.1) is 5.92 Å². The van der Waals surface area contributed by atoms with Crippen LogP contribution in [0.15, 0.2) is 48.7 Å². The Hall–Kier alpha value is -1.58. The van der Waals surface area contributed by atoms with Crippen LogP contribution in [0.3, 0.4) is 0 Å². The molecular weight excluding hydrogens is 284 g/mol. The topological polar surface area (TPSA) is 34.1 Å². The molecule has 3 rings (SSSR count). The highest BCUT2D eigenvalue weighted by Gasteiger charge is 2.26. The molecule has 2 heterocycles. The van der Waals surface area contributed by atoms with Gasteiger partial charge in [-0.3, -0.25) is 0 Å². The Morgan fingerprint density at radius 1 is 1.19 bits per heavy atom. The maximum Gasteiger partial charge on any atom is 0.213 e. The van der Waals surface area contributed by atoms with E-state index in [0.29, 0.717) is 29.3 Å². The van der Waals surface area contributed by atoms with E-state index in [2.05, 4.69) is 40.6 Å². The summed E-state index contributed by atoms with van der Waals surface area (Å²) in [6, 6.07) is 14.3. The van der Waals surface area contributed by atoms with Gasteiger partial charge in [-0.15, -0.1) is 0 Å². The van der Waals surface area contributed by atoms with Gasteiger partial charge in [-0.25, -0.2) is 4.98 Å². The highest BCUT2D eigenvalue weighted by molar-refractivity contribution is 6.30. The predicted octanol–water partition coefficient (Wildman–Crippen LogP) is 3.51. The fourth-order valence-electron chi connectivity index (χ4n) is 2.84. The third kappa shape index (κ3) is 3.74. The molecule has 0 saturated carbocycles. The molecule has 2 aromatic rings. The molecule has 1 saturated heterocycles. The highest BCUT2D eigenvalue weighted by atomic mass is 35.5. The minimum absolute atomic E-state index is 0.493. The lowest BCUT2D eigenvalue weighted by atomic mass is 9.82. The van der Waals surface area contributed by atoms with Gasteiger partial charge < -0.3 is 10.1 Å².